The molecule has 2 aromatic rings. The minimum absolute atomic E-state index is 0.0137. The predicted molar refractivity (Wildman–Crippen MR) is 81.7 cm³/mol. The summed E-state index contributed by atoms with van der Waals surface area (Å²) < 4.78 is 0. The second kappa shape index (κ2) is 7.01. The van der Waals surface area contributed by atoms with Gasteiger partial charge in [-0.1, -0.05) is 36.4 Å². The molecule has 0 bridgehead atoms. The Bertz CT molecular complexity index is 599. The van der Waals surface area contributed by atoms with Gasteiger partial charge in [-0.2, -0.15) is 0 Å². The van der Waals surface area contributed by atoms with E-state index in [9.17, 15) is 9.59 Å². The molecular formula is C15H18N3O2S+. The zero-order chi connectivity index (χ0) is 15.2. The number of hydrogen-bond acceptors (Lipinski definition) is 3. The van der Waals surface area contributed by atoms with E-state index in [2.05, 4.69) is 5.32 Å². The number of carbonyl (C=O) groups is 2. The van der Waals surface area contributed by atoms with E-state index >= 15 is 0 Å². The highest BCUT2D eigenvalue weighted by Gasteiger charge is 2.25. The topological polar surface area (TPSA) is 88.8 Å². The number of carbonyl (C=O) groups excluding carboxylic acids is 2. The second-order valence-corrected chi connectivity index (χ2v) is 5.72. The third-order valence-corrected chi connectivity index (χ3v) is 4.10. The van der Waals surface area contributed by atoms with E-state index < -0.39 is 12.1 Å². The minimum Gasteiger partial charge on any atom is -0.351 e. The van der Waals surface area contributed by atoms with Crippen molar-refractivity contribution in [2.75, 3.05) is 0 Å². The van der Waals surface area contributed by atoms with Crippen LogP contribution in [0.2, 0.25) is 0 Å². The lowest BCUT2D eigenvalue weighted by molar-refractivity contribution is -0.704. The SMILES string of the molecule is C[C@@H]([NH2+][C@H](c1ccccc1)c1cccs1)C(=O)NC(N)=O. The summed E-state index contributed by atoms with van der Waals surface area (Å²) >= 11 is 1.64. The Hall–Kier alpha value is -2.18. The number of rotatable bonds is 5. The van der Waals surface area contributed by atoms with Crippen LogP contribution in [0.3, 0.4) is 0 Å². The molecule has 0 unspecified atom stereocenters. The van der Waals surface area contributed by atoms with Crippen molar-refractivity contribution < 1.29 is 14.9 Å². The lowest BCUT2D eigenvalue weighted by atomic mass is 10.0. The molecule has 3 amide bonds. The molecule has 21 heavy (non-hydrogen) atoms. The summed E-state index contributed by atoms with van der Waals surface area (Å²) in [6.45, 7) is 1.75. The quantitative estimate of drug-likeness (QED) is 0.769. The normalized spacial score (nSPS) is 13.4. The van der Waals surface area contributed by atoms with Crippen LogP contribution in [0.15, 0.2) is 47.8 Å². The molecule has 5 nitrogen and oxygen atoms in total. The average molecular weight is 304 g/mol. The maximum atomic E-state index is 11.9. The van der Waals surface area contributed by atoms with Crippen LogP contribution in [-0.2, 0) is 4.79 Å². The van der Waals surface area contributed by atoms with E-state index in [4.69, 9.17) is 5.73 Å². The second-order valence-electron chi connectivity index (χ2n) is 4.74. The Morgan fingerprint density at radius 3 is 2.48 bits per heavy atom. The van der Waals surface area contributed by atoms with Gasteiger partial charge in [0.05, 0.1) is 4.88 Å². The molecule has 0 fully saturated rings. The summed E-state index contributed by atoms with van der Waals surface area (Å²) in [6, 6.07) is 12.7. The smallest absolute Gasteiger partial charge is 0.319 e. The molecule has 2 atom stereocenters. The van der Waals surface area contributed by atoms with Crippen molar-refractivity contribution in [1.29, 1.82) is 0 Å². The number of hydrogen-bond donors (Lipinski definition) is 3. The molecule has 1 heterocycles. The van der Waals surface area contributed by atoms with Crippen molar-refractivity contribution in [3.8, 4) is 0 Å². The zero-order valence-electron chi connectivity index (χ0n) is 11.7. The summed E-state index contributed by atoms with van der Waals surface area (Å²) in [5.41, 5.74) is 6.09. The number of nitrogens with two attached hydrogens (primary N) is 2. The van der Waals surface area contributed by atoms with Crippen molar-refractivity contribution in [3.63, 3.8) is 0 Å². The Labute approximate surface area is 127 Å². The fourth-order valence-corrected chi connectivity index (χ4v) is 2.94. The molecule has 0 aliphatic carbocycles. The Balaban J connectivity index is 2.18. The number of quaternary nitrogens is 1. The van der Waals surface area contributed by atoms with Crippen molar-refractivity contribution in [1.82, 2.24) is 5.32 Å². The Morgan fingerprint density at radius 1 is 1.19 bits per heavy atom. The third-order valence-electron chi connectivity index (χ3n) is 3.15. The summed E-state index contributed by atoms with van der Waals surface area (Å²) in [7, 11) is 0. The molecule has 1 aromatic heterocycles. The van der Waals surface area contributed by atoms with Gasteiger partial charge in [0.1, 0.15) is 6.04 Å². The van der Waals surface area contributed by atoms with E-state index in [0.29, 0.717) is 0 Å². The molecule has 2 rings (SSSR count). The van der Waals surface area contributed by atoms with Crippen molar-refractivity contribution in [2.24, 2.45) is 5.73 Å². The first-order valence-corrected chi connectivity index (χ1v) is 7.49. The third kappa shape index (κ3) is 4.14. The largest absolute Gasteiger partial charge is 0.351 e. The van der Waals surface area contributed by atoms with Crippen LogP contribution >= 0.6 is 11.3 Å². The van der Waals surface area contributed by atoms with Crippen LogP contribution in [0.25, 0.3) is 0 Å². The molecule has 0 aliphatic rings. The van der Waals surface area contributed by atoms with E-state index in [1.54, 1.807) is 18.3 Å². The Morgan fingerprint density at radius 2 is 1.90 bits per heavy atom. The minimum atomic E-state index is -0.826. The van der Waals surface area contributed by atoms with Gasteiger partial charge in [-0.25, -0.2) is 4.79 Å². The van der Waals surface area contributed by atoms with Gasteiger partial charge in [0.2, 0.25) is 0 Å². The molecular weight excluding hydrogens is 286 g/mol. The zero-order valence-corrected chi connectivity index (χ0v) is 12.5. The number of imide groups is 1. The summed E-state index contributed by atoms with van der Waals surface area (Å²) in [5, 5.41) is 6.05. The standard InChI is InChI=1S/C15H17N3O2S/c1-10(14(19)18-15(16)20)17-13(12-8-5-9-21-12)11-6-3-2-4-7-11/h2-10,13,17H,1H3,(H3,16,18,19,20)/p+1/t10-,13-/m1/s1. The van der Waals surface area contributed by atoms with Gasteiger partial charge in [0.25, 0.3) is 5.91 Å². The van der Waals surface area contributed by atoms with Gasteiger partial charge >= 0.3 is 6.03 Å². The first kappa shape index (κ1) is 15.2. The lowest BCUT2D eigenvalue weighted by Gasteiger charge is -2.18. The van der Waals surface area contributed by atoms with Gasteiger partial charge in [-0.3, -0.25) is 10.1 Å². The molecule has 1 aromatic carbocycles. The fraction of sp³-hybridized carbons (Fsp3) is 0.200. The van der Waals surface area contributed by atoms with E-state index in [1.807, 2.05) is 53.2 Å². The van der Waals surface area contributed by atoms with E-state index in [0.717, 1.165) is 10.4 Å². The molecule has 0 saturated heterocycles. The molecule has 6 heteroatoms. The van der Waals surface area contributed by atoms with Crippen LogP contribution in [0.5, 0.6) is 0 Å². The van der Waals surface area contributed by atoms with Gasteiger partial charge in [-0.15, -0.1) is 11.3 Å². The average Bonchev–Trinajstić information content (AvgIpc) is 2.98. The van der Waals surface area contributed by atoms with Gasteiger partial charge in [0, 0.05) is 5.56 Å². The summed E-state index contributed by atoms with van der Waals surface area (Å²) in [5.74, 6) is -0.389. The van der Waals surface area contributed by atoms with Crippen LogP contribution < -0.4 is 16.4 Å². The maximum Gasteiger partial charge on any atom is 0.319 e. The first-order valence-electron chi connectivity index (χ1n) is 6.61. The highest BCUT2D eigenvalue weighted by molar-refractivity contribution is 7.10. The predicted octanol–water partition coefficient (Wildman–Crippen LogP) is 0.984. The summed E-state index contributed by atoms with van der Waals surface area (Å²) in [6.07, 6.45) is 0. The number of primary amides is 1. The molecule has 0 spiro atoms. The van der Waals surface area contributed by atoms with Crippen molar-refractivity contribution in [3.05, 3.63) is 58.3 Å². The van der Waals surface area contributed by atoms with Gasteiger partial charge < -0.3 is 11.1 Å². The van der Waals surface area contributed by atoms with Crippen molar-refractivity contribution in [2.45, 2.75) is 19.0 Å². The molecule has 0 radical (unpaired) electrons. The van der Waals surface area contributed by atoms with Crippen LogP contribution in [0, 0.1) is 0 Å². The molecule has 110 valence electrons. The number of benzene rings is 1. The lowest BCUT2D eigenvalue weighted by Crippen LogP contribution is -2.92. The van der Waals surface area contributed by atoms with Gasteiger partial charge in [0.15, 0.2) is 6.04 Å². The van der Waals surface area contributed by atoms with Crippen molar-refractivity contribution >= 4 is 23.3 Å². The number of thiophene rings is 1. The Kier molecular flexibility index (Phi) is 5.08. The maximum absolute atomic E-state index is 11.9. The number of urea groups is 1. The fourth-order valence-electron chi connectivity index (χ4n) is 2.11. The van der Waals surface area contributed by atoms with Gasteiger partial charge in [-0.05, 0) is 18.4 Å². The monoisotopic (exact) mass is 304 g/mol. The molecule has 0 aliphatic heterocycles. The van der Waals surface area contributed by atoms with Crippen LogP contribution in [-0.4, -0.2) is 18.0 Å². The first-order chi connectivity index (χ1) is 10.1. The van der Waals surface area contributed by atoms with Crippen LogP contribution in [0.1, 0.15) is 23.4 Å². The van der Waals surface area contributed by atoms with E-state index in [1.165, 1.54) is 0 Å². The molecule has 0 saturated carbocycles. The number of amides is 3. The van der Waals surface area contributed by atoms with Crippen LogP contribution in [0.4, 0.5) is 4.79 Å². The highest BCUT2D eigenvalue weighted by atomic mass is 32.1. The number of nitrogens with one attached hydrogen (secondary N) is 1. The highest BCUT2D eigenvalue weighted by Crippen LogP contribution is 2.22. The summed E-state index contributed by atoms with van der Waals surface area (Å²) in [4.78, 5) is 23.8. The molecule has 5 N–H and O–H groups in total. The van der Waals surface area contributed by atoms with E-state index in [-0.39, 0.29) is 11.9 Å².